The zero-order valence-corrected chi connectivity index (χ0v) is 8.57. The van der Waals surface area contributed by atoms with Crippen molar-refractivity contribution in [3.05, 3.63) is 42.0 Å². The van der Waals surface area contributed by atoms with Crippen LogP contribution in [0, 0.1) is 6.92 Å². The second-order valence-corrected chi connectivity index (χ2v) is 3.83. The first-order valence-corrected chi connectivity index (χ1v) is 5.24. The maximum atomic E-state index is 5.85. The molecule has 74 valence electrons. The van der Waals surface area contributed by atoms with Crippen LogP contribution in [-0.4, -0.2) is 6.10 Å². The van der Waals surface area contributed by atoms with Gasteiger partial charge in [0.15, 0.2) is 0 Å². The van der Waals surface area contributed by atoms with Gasteiger partial charge in [0, 0.05) is 0 Å². The van der Waals surface area contributed by atoms with Crippen molar-refractivity contribution < 1.29 is 4.74 Å². The normalized spacial score (nSPS) is 20.8. The lowest BCUT2D eigenvalue weighted by Crippen LogP contribution is -2.15. The summed E-state index contributed by atoms with van der Waals surface area (Å²) in [5.74, 6) is 0.988. The summed E-state index contributed by atoms with van der Waals surface area (Å²) in [5, 5.41) is 0. The van der Waals surface area contributed by atoms with Gasteiger partial charge < -0.3 is 4.74 Å². The minimum Gasteiger partial charge on any atom is -0.486 e. The Morgan fingerprint density at radius 2 is 2.29 bits per heavy atom. The molecule has 1 atom stereocenters. The van der Waals surface area contributed by atoms with Gasteiger partial charge in [0.05, 0.1) is 0 Å². The van der Waals surface area contributed by atoms with Crippen molar-refractivity contribution in [2.75, 3.05) is 0 Å². The quantitative estimate of drug-likeness (QED) is 0.645. The van der Waals surface area contributed by atoms with Crippen molar-refractivity contribution in [3.63, 3.8) is 0 Å². The van der Waals surface area contributed by atoms with Gasteiger partial charge in [0.1, 0.15) is 11.9 Å². The fourth-order valence-electron chi connectivity index (χ4n) is 1.74. The Hall–Kier alpha value is -1.24. The molecule has 0 saturated heterocycles. The first-order chi connectivity index (χ1) is 6.84. The molecule has 0 heterocycles. The Bertz CT molecular complexity index is 328. The van der Waals surface area contributed by atoms with E-state index in [1.54, 1.807) is 0 Å². The molecule has 0 saturated carbocycles. The first-order valence-electron chi connectivity index (χ1n) is 5.24. The van der Waals surface area contributed by atoms with Crippen LogP contribution in [0.1, 0.15) is 24.8 Å². The average Bonchev–Trinajstić information content (AvgIpc) is 2.19. The molecule has 1 aromatic rings. The predicted octanol–water partition coefficient (Wildman–Crippen LogP) is 3.48. The lowest BCUT2D eigenvalue weighted by molar-refractivity contribution is 0.230. The van der Waals surface area contributed by atoms with Gasteiger partial charge in [-0.25, -0.2) is 0 Å². The van der Waals surface area contributed by atoms with Gasteiger partial charge in [-0.2, -0.15) is 0 Å². The third kappa shape index (κ3) is 2.38. The zero-order chi connectivity index (χ0) is 9.80. The maximum Gasteiger partial charge on any atom is 0.120 e. The van der Waals surface area contributed by atoms with Gasteiger partial charge in [-0.1, -0.05) is 18.2 Å². The molecule has 0 bridgehead atoms. The van der Waals surface area contributed by atoms with Crippen LogP contribution in [-0.2, 0) is 0 Å². The minimum absolute atomic E-state index is 0.283. The smallest absolute Gasteiger partial charge is 0.120 e. The number of aryl methyl sites for hydroxylation is 1. The molecule has 0 aromatic heterocycles. The van der Waals surface area contributed by atoms with E-state index in [0.29, 0.717) is 0 Å². The van der Waals surface area contributed by atoms with Gasteiger partial charge in [-0.15, -0.1) is 0 Å². The number of benzene rings is 1. The second-order valence-electron chi connectivity index (χ2n) is 3.83. The van der Waals surface area contributed by atoms with Crippen LogP contribution in [0.5, 0.6) is 5.75 Å². The van der Waals surface area contributed by atoms with Crippen molar-refractivity contribution in [1.82, 2.24) is 0 Å². The Labute approximate surface area is 85.4 Å². The minimum atomic E-state index is 0.283. The highest BCUT2D eigenvalue weighted by molar-refractivity contribution is 5.28. The van der Waals surface area contributed by atoms with E-state index < -0.39 is 0 Å². The predicted molar refractivity (Wildman–Crippen MR) is 58.6 cm³/mol. The monoisotopic (exact) mass is 188 g/mol. The molecule has 1 aromatic carbocycles. The van der Waals surface area contributed by atoms with E-state index in [9.17, 15) is 0 Å². The molecule has 2 rings (SSSR count). The average molecular weight is 188 g/mol. The van der Waals surface area contributed by atoms with E-state index in [0.717, 1.165) is 12.2 Å². The molecule has 1 unspecified atom stereocenters. The van der Waals surface area contributed by atoms with Crippen molar-refractivity contribution in [1.29, 1.82) is 0 Å². The lowest BCUT2D eigenvalue weighted by atomic mass is 10.1. The summed E-state index contributed by atoms with van der Waals surface area (Å²) in [6.45, 7) is 2.09. The Balaban J connectivity index is 2.02. The van der Waals surface area contributed by atoms with Crippen molar-refractivity contribution >= 4 is 0 Å². The van der Waals surface area contributed by atoms with Crippen molar-refractivity contribution in [2.24, 2.45) is 0 Å². The number of hydrogen-bond acceptors (Lipinski definition) is 1. The zero-order valence-electron chi connectivity index (χ0n) is 8.57. The number of allylic oxidation sites excluding steroid dienone is 1. The topological polar surface area (TPSA) is 9.23 Å². The third-order valence-corrected chi connectivity index (χ3v) is 2.49. The van der Waals surface area contributed by atoms with Gasteiger partial charge in [0.2, 0.25) is 0 Å². The number of rotatable bonds is 2. The molecule has 0 spiro atoms. The largest absolute Gasteiger partial charge is 0.486 e. The Morgan fingerprint density at radius 3 is 3.00 bits per heavy atom. The molecular formula is C13H16O. The summed E-state index contributed by atoms with van der Waals surface area (Å²) in [6.07, 6.45) is 8.26. The molecule has 14 heavy (non-hydrogen) atoms. The third-order valence-electron chi connectivity index (χ3n) is 2.49. The molecule has 0 amide bonds. The molecule has 0 aliphatic heterocycles. The van der Waals surface area contributed by atoms with Crippen LogP contribution < -0.4 is 4.74 Å². The van der Waals surface area contributed by atoms with Crippen LogP contribution >= 0.6 is 0 Å². The number of ether oxygens (including phenoxy) is 1. The number of hydrogen-bond donors (Lipinski definition) is 0. The van der Waals surface area contributed by atoms with E-state index in [2.05, 4.69) is 31.2 Å². The summed E-state index contributed by atoms with van der Waals surface area (Å²) in [6, 6.07) is 8.23. The van der Waals surface area contributed by atoms with E-state index >= 15 is 0 Å². The summed E-state index contributed by atoms with van der Waals surface area (Å²) < 4.78 is 5.85. The van der Waals surface area contributed by atoms with Crippen LogP contribution in [0.4, 0.5) is 0 Å². The molecular weight excluding hydrogens is 172 g/mol. The van der Waals surface area contributed by atoms with E-state index in [4.69, 9.17) is 4.74 Å². The Kier molecular flexibility index (Phi) is 2.87. The molecule has 0 N–H and O–H groups in total. The fraction of sp³-hybridized carbons (Fsp3) is 0.385. The SMILES string of the molecule is Cc1cccc(OC2C=CCCC2)c1. The van der Waals surface area contributed by atoms with Gasteiger partial charge in [-0.05, 0) is 50.0 Å². The molecule has 1 aliphatic rings. The van der Waals surface area contributed by atoms with E-state index in [-0.39, 0.29) is 6.10 Å². The first kappa shape index (κ1) is 9.32. The summed E-state index contributed by atoms with van der Waals surface area (Å²) in [7, 11) is 0. The van der Waals surface area contributed by atoms with Crippen LogP contribution in [0.2, 0.25) is 0 Å². The van der Waals surface area contributed by atoms with Gasteiger partial charge >= 0.3 is 0 Å². The standard InChI is InChI=1S/C13H16O/c1-11-6-5-9-13(10-11)14-12-7-3-2-4-8-12/h3,5-7,9-10,12H,2,4,8H2,1H3. The van der Waals surface area contributed by atoms with Gasteiger partial charge in [-0.3, -0.25) is 0 Å². The van der Waals surface area contributed by atoms with E-state index in [1.807, 2.05) is 12.1 Å². The van der Waals surface area contributed by atoms with Crippen LogP contribution in [0.25, 0.3) is 0 Å². The highest BCUT2D eigenvalue weighted by Crippen LogP contribution is 2.19. The summed E-state index contributed by atoms with van der Waals surface area (Å²) >= 11 is 0. The molecule has 0 radical (unpaired) electrons. The molecule has 1 aliphatic carbocycles. The molecule has 1 nitrogen and oxygen atoms in total. The molecule has 1 heteroatoms. The Morgan fingerprint density at radius 1 is 1.36 bits per heavy atom. The van der Waals surface area contributed by atoms with Crippen LogP contribution in [0.15, 0.2) is 36.4 Å². The summed E-state index contributed by atoms with van der Waals surface area (Å²) in [5.41, 5.74) is 1.25. The van der Waals surface area contributed by atoms with Crippen molar-refractivity contribution in [2.45, 2.75) is 32.3 Å². The van der Waals surface area contributed by atoms with Crippen molar-refractivity contribution in [3.8, 4) is 5.75 Å². The maximum absolute atomic E-state index is 5.85. The van der Waals surface area contributed by atoms with E-state index in [1.165, 1.54) is 18.4 Å². The van der Waals surface area contributed by atoms with Gasteiger partial charge in [0.25, 0.3) is 0 Å². The fourth-order valence-corrected chi connectivity index (χ4v) is 1.74. The highest BCUT2D eigenvalue weighted by Gasteiger charge is 2.09. The van der Waals surface area contributed by atoms with Crippen LogP contribution in [0.3, 0.4) is 0 Å². The summed E-state index contributed by atoms with van der Waals surface area (Å²) in [4.78, 5) is 0. The lowest BCUT2D eigenvalue weighted by Gasteiger charge is -2.18. The highest BCUT2D eigenvalue weighted by atomic mass is 16.5. The molecule has 0 fully saturated rings. The second kappa shape index (κ2) is 4.32.